The van der Waals surface area contributed by atoms with E-state index in [9.17, 15) is 27.2 Å². The van der Waals surface area contributed by atoms with Crippen LogP contribution in [0.4, 0.5) is 17.6 Å². The molecule has 2 unspecified atom stereocenters. The van der Waals surface area contributed by atoms with Crippen molar-refractivity contribution < 1.29 is 31.9 Å². The molecule has 0 saturated heterocycles. The van der Waals surface area contributed by atoms with Crippen LogP contribution < -0.4 is 0 Å². The number of hydrogen-bond donors (Lipinski definition) is 0. The predicted molar refractivity (Wildman–Crippen MR) is 139 cm³/mol. The second-order valence-electron chi connectivity index (χ2n) is 10.1. The number of benzene rings is 3. The molecule has 2 atom stereocenters. The van der Waals surface area contributed by atoms with E-state index in [2.05, 4.69) is 0 Å². The standard InChI is InChI=1S/C30H29ClF4O3/c1-5-6-23(18-7-9-20(10-8-18)28(37)38-29(2,3)4)26(19-11-14-22(31)15-12-19)27(36)24-17-21(30(33,34)35)13-16-25(24)32/h7-17,23,26H,5-6H2,1-4H3. The molecule has 202 valence electrons. The van der Waals surface area contributed by atoms with Gasteiger partial charge < -0.3 is 4.74 Å². The van der Waals surface area contributed by atoms with E-state index >= 15 is 0 Å². The number of esters is 1. The third-order valence-electron chi connectivity index (χ3n) is 6.05. The normalized spacial score (nSPS) is 13.6. The molecular formula is C30H29ClF4O3. The van der Waals surface area contributed by atoms with Crippen LogP contribution in [0.25, 0.3) is 0 Å². The van der Waals surface area contributed by atoms with Crippen molar-refractivity contribution in [1.82, 2.24) is 0 Å². The highest BCUT2D eigenvalue weighted by atomic mass is 35.5. The van der Waals surface area contributed by atoms with Gasteiger partial charge in [0.25, 0.3) is 0 Å². The molecule has 0 saturated carbocycles. The topological polar surface area (TPSA) is 43.4 Å². The van der Waals surface area contributed by atoms with Gasteiger partial charge in [-0.25, -0.2) is 9.18 Å². The second-order valence-corrected chi connectivity index (χ2v) is 10.5. The molecule has 0 radical (unpaired) electrons. The summed E-state index contributed by atoms with van der Waals surface area (Å²) in [5.41, 5.74) is -0.929. The minimum absolute atomic E-state index is 0.317. The summed E-state index contributed by atoms with van der Waals surface area (Å²) >= 11 is 6.05. The highest BCUT2D eigenvalue weighted by Gasteiger charge is 2.36. The van der Waals surface area contributed by atoms with Gasteiger partial charge in [-0.2, -0.15) is 13.2 Å². The van der Waals surface area contributed by atoms with E-state index in [4.69, 9.17) is 16.3 Å². The monoisotopic (exact) mass is 548 g/mol. The van der Waals surface area contributed by atoms with Crippen LogP contribution in [0, 0.1) is 5.82 Å². The molecule has 0 heterocycles. The van der Waals surface area contributed by atoms with Crippen LogP contribution in [-0.2, 0) is 10.9 Å². The summed E-state index contributed by atoms with van der Waals surface area (Å²) in [5, 5.41) is 0.416. The van der Waals surface area contributed by atoms with Crippen LogP contribution in [0.2, 0.25) is 5.02 Å². The zero-order valence-electron chi connectivity index (χ0n) is 21.5. The van der Waals surface area contributed by atoms with E-state index in [0.29, 0.717) is 52.8 Å². The van der Waals surface area contributed by atoms with E-state index < -0.39 is 52.3 Å². The summed E-state index contributed by atoms with van der Waals surface area (Å²) in [6.07, 6.45) is -3.62. The Morgan fingerprint density at radius 2 is 1.47 bits per heavy atom. The van der Waals surface area contributed by atoms with Crippen molar-refractivity contribution in [3.63, 3.8) is 0 Å². The van der Waals surface area contributed by atoms with Gasteiger partial charge in [0.15, 0.2) is 5.78 Å². The molecular weight excluding hydrogens is 520 g/mol. The first-order valence-corrected chi connectivity index (χ1v) is 12.6. The first-order chi connectivity index (χ1) is 17.7. The zero-order valence-corrected chi connectivity index (χ0v) is 22.3. The van der Waals surface area contributed by atoms with Gasteiger partial charge in [-0.1, -0.05) is 49.2 Å². The molecule has 0 aliphatic rings. The van der Waals surface area contributed by atoms with Crippen LogP contribution in [0.5, 0.6) is 0 Å². The lowest BCUT2D eigenvalue weighted by Gasteiger charge is -2.28. The molecule has 3 aromatic carbocycles. The van der Waals surface area contributed by atoms with Crippen LogP contribution in [0.15, 0.2) is 66.7 Å². The smallest absolute Gasteiger partial charge is 0.416 e. The Bertz CT molecular complexity index is 1280. The van der Waals surface area contributed by atoms with Crippen molar-refractivity contribution >= 4 is 23.4 Å². The molecule has 0 spiro atoms. The Morgan fingerprint density at radius 1 is 0.895 bits per heavy atom. The summed E-state index contributed by atoms with van der Waals surface area (Å²) in [4.78, 5) is 26.3. The van der Waals surface area contributed by atoms with Crippen molar-refractivity contribution in [2.45, 2.75) is 64.1 Å². The van der Waals surface area contributed by atoms with Crippen LogP contribution in [-0.4, -0.2) is 17.4 Å². The van der Waals surface area contributed by atoms with E-state index in [1.807, 2.05) is 6.92 Å². The summed E-state index contributed by atoms with van der Waals surface area (Å²) < 4.78 is 60.4. The molecule has 0 fully saturated rings. The molecule has 8 heteroatoms. The fourth-order valence-corrected chi connectivity index (χ4v) is 4.46. The SMILES string of the molecule is CCCC(c1ccc(C(=O)OC(C)(C)C)cc1)C(C(=O)c1cc(C(F)(F)F)ccc1F)c1ccc(Cl)cc1. The van der Waals surface area contributed by atoms with Crippen LogP contribution >= 0.6 is 11.6 Å². The van der Waals surface area contributed by atoms with E-state index in [1.165, 1.54) is 0 Å². The van der Waals surface area contributed by atoms with Gasteiger partial charge in [-0.05, 0) is 86.7 Å². The molecule has 3 rings (SSSR count). The summed E-state index contributed by atoms with van der Waals surface area (Å²) in [7, 11) is 0. The van der Waals surface area contributed by atoms with E-state index in [-0.39, 0.29) is 0 Å². The lowest BCUT2D eigenvalue weighted by molar-refractivity contribution is -0.137. The molecule has 0 aromatic heterocycles. The lowest BCUT2D eigenvalue weighted by atomic mass is 9.75. The Labute approximate surface area is 224 Å². The highest BCUT2D eigenvalue weighted by Crippen LogP contribution is 2.41. The molecule has 0 N–H and O–H groups in total. The maximum atomic E-state index is 14.8. The van der Waals surface area contributed by atoms with Gasteiger partial charge in [0.2, 0.25) is 0 Å². The van der Waals surface area contributed by atoms with Crippen LogP contribution in [0.3, 0.4) is 0 Å². The molecule has 38 heavy (non-hydrogen) atoms. The van der Waals surface area contributed by atoms with Gasteiger partial charge in [-0.15, -0.1) is 0 Å². The first-order valence-electron chi connectivity index (χ1n) is 12.2. The third-order valence-corrected chi connectivity index (χ3v) is 6.30. The Balaban J connectivity index is 2.11. The van der Waals surface area contributed by atoms with Gasteiger partial charge in [0.1, 0.15) is 11.4 Å². The molecule has 0 aliphatic carbocycles. The van der Waals surface area contributed by atoms with Gasteiger partial charge >= 0.3 is 12.1 Å². The molecule has 0 aliphatic heterocycles. The largest absolute Gasteiger partial charge is 0.456 e. The van der Waals surface area contributed by atoms with Gasteiger partial charge in [0, 0.05) is 5.02 Å². The zero-order chi connectivity index (χ0) is 28.3. The number of carbonyl (C=O) groups excluding carboxylic acids is 2. The maximum Gasteiger partial charge on any atom is 0.416 e. The number of alkyl halides is 3. The minimum Gasteiger partial charge on any atom is -0.456 e. The number of Topliss-reactive ketones (excluding diaryl/α,β-unsaturated/α-hetero) is 1. The average Bonchev–Trinajstić information content (AvgIpc) is 2.83. The summed E-state index contributed by atoms with van der Waals surface area (Å²) in [6.45, 7) is 7.18. The molecule has 3 aromatic rings. The number of hydrogen-bond acceptors (Lipinski definition) is 3. The van der Waals surface area contributed by atoms with Crippen molar-refractivity contribution in [1.29, 1.82) is 0 Å². The number of halogens is 5. The number of rotatable bonds is 8. The van der Waals surface area contributed by atoms with E-state index in [0.717, 1.165) is 0 Å². The van der Waals surface area contributed by atoms with Crippen molar-refractivity contribution in [3.8, 4) is 0 Å². The molecule has 0 bridgehead atoms. The van der Waals surface area contributed by atoms with E-state index in [1.54, 1.807) is 69.3 Å². The Hall–Kier alpha value is -3.19. The number of carbonyl (C=O) groups is 2. The first kappa shape index (κ1) is 29.4. The average molecular weight is 549 g/mol. The minimum atomic E-state index is -4.74. The lowest BCUT2D eigenvalue weighted by Crippen LogP contribution is -2.24. The molecule has 0 amide bonds. The number of ether oxygens (including phenoxy) is 1. The Morgan fingerprint density at radius 3 is 2.00 bits per heavy atom. The Kier molecular flexibility index (Phi) is 9.03. The third kappa shape index (κ3) is 7.22. The summed E-state index contributed by atoms with van der Waals surface area (Å²) in [6, 6.07) is 14.8. The quantitative estimate of drug-likeness (QED) is 0.160. The van der Waals surface area contributed by atoms with Crippen molar-refractivity contribution in [2.75, 3.05) is 0 Å². The summed E-state index contributed by atoms with van der Waals surface area (Å²) in [5.74, 6) is -3.83. The fourth-order valence-electron chi connectivity index (χ4n) is 4.33. The maximum absolute atomic E-state index is 14.8. The van der Waals surface area contributed by atoms with Crippen molar-refractivity contribution in [2.24, 2.45) is 0 Å². The fraction of sp³-hybridized carbons (Fsp3) is 0.333. The highest BCUT2D eigenvalue weighted by molar-refractivity contribution is 6.30. The molecule has 3 nitrogen and oxygen atoms in total. The van der Waals surface area contributed by atoms with Crippen molar-refractivity contribution in [3.05, 3.63) is 105 Å². The van der Waals surface area contributed by atoms with Crippen LogP contribution in [0.1, 0.15) is 89.8 Å². The number of ketones is 1. The second kappa shape index (κ2) is 11.7. The van der Waals surface area contributed by atoms with Gasteiger partial charge in [0.05, 0.1) is 22.6 Å². The van der Waals surface area contributed by atoms with Gasteiger partial charge in [-0.3, -0.25) is 4.79 Å². The predicted octanol–water partition coefficient (Wildman–Crippen LogP) is 9.00.